The summed E-state index contributed by atoms with van der Waals surface area (Å²) in [6, 6.07) is 6.48. The second kappa shape index (κ2) is 4.43. The molecule has 0 spiro atoms. The predicted octanol–water partition coefficient (Wildman–Crippen LogP) is 3.05. The Morgan fingerprint density at radius 2 is 1.79 bits per heavy atom. The zero-order chi connectivity index (χ0) is 10.7. The Hall–Kier alpha value is -1.08. The average Bonchev–Trinajstić information content (AvgIpc) is 2.11. The van der Waals surface area contributed by atoms with Crippen molar-refractivity contribution in [2.75, 3.05) is 0 Å². The maximum absolute atomic E-state index is 5.82. The molecule has 1 atom stereocenters. The van der Waals surface area contributed by atoms with E-state index in [-0.39, 0.29) is 6.04 Å². The molecule has 1 heteroatoms. The first-order valence-corrected chi connectivity index (χ1v) is 5.02. The Kier molecular flexibility index (Phi) is 3.48. The lowest BCUT2D eigenvalue weighted by atomic mass is 9.99. The lowest BCUT2D eigenvalue weighted by Crippen LogP contribution is -2.15. The summed E-state index contributed by atoms with van der Waals surface area (Å²) >= 11 is 0. The Morgan fingerprint density at radius 1 is 1.29 bits per heavy atom. The van der Waals surface area contributed by atoms with Crippen LogP contribution in [0.5, 0.6) is 0 Å². The first-order valence-electron chi connectivity index (χ1n) is 5.02. The largest absolute Gasteiger partial charge is 0.324 e. The molecule has 1 nitrogen and oxygen atoms in total. The third-order valence-electron chi connectivity index (χ3n) is 2.63. The van der Waals surface area contributed by atoms with Crippen LogP contribution in [0.15, 0.2) is 23.8 Å². The highest BCUT2D eigenvalue weighted by Crippen LogP contribution is 2.17. The number of aryl methyl sites for hydroxylation is 2. The van der Waals surface area contributed by atoms with Crippen LogP contribution in [-0.2, 0) is 0 Å². The molecule has 14 heavy (non-hydrogen) atoms. The van der Waals surface area contributed by atoms with Gasteiger partial charge in [-0.1, -0.05) is 29.8 Å². The van der Waals surface area contributed by atoms with Crippen LogP contribution in [0.3, 0.4) is 0 Å². The molecule has 1 rings (SSSR count). The summed E-state index contributed by atoms with van der Waals surface area (Å²) < 4.78 is 0. The van der Waals surface area contributed by atoms with E-state index in [0.29, 0.717) is 0 Å². The molecule has 0 aliphatic carbocycles. The molecule has 0 bridgehead atoms. The zero-order valence-electron chi connectivity index (χ0n) is 9.46. The lowest BCUT2D eigenvalue weighted by Gasteiger charge is -2.09. The molecular weight excluding hydrogens is 170 g/mol. The van der Waals surface area contributed by atoms with Gasteiger partial charge in [0.25, 0.3) is 0 Å². The van der Waals surface area contributed by atoms with Gasteiger partial charge in [0.15, 0.2) is 0 Å². The lowest BCUT2D eigenvalue weighted by molar-refractivity contribution is 0.867. The number of rotatable bonds is 2. The van der Waals surface area contributed by atoms with Gasteiger partial charge in [0.1, 0.15) is 0 Å². The fraction of sp³-hybridized carbons (Fsp3) is 0.385. The molecule has 1 unspecified atom stereocenters. The minimum absolute atomic E-state index is 0.133. The first-order chi connectivity index (χ1) is 6.52. The third-order valence-corrected chi connectivity index (χ3v) is 2.63. The predicted molar refractivity (Wildman–Crippen MR) is 63.2 cm³/mol. The maximum atomic E-state index is 5.82. The van der Waals surface area contributed by atoms with Crippen LogP contribution in [0.25, 0.3) is 6.08 Å². The van der Waals surface area contributed by atoms with Gasteiger partial charge in [-0.3, -0.25) is 0 Å². The fourth-order valence-corrected chi connectivity index (χ4v) is 1.41. The molecule has 0 saturated carbocycles. The van der Waals surface area contributed by atoms with Crippen molar-refractivity contribution in [3.8, 4) is 0 Å². The quantitative estimate of drug-likeness (QED) is 0.760. The van der Waals surface area contributed by atoms with Crippen LogP contribution < -0.4 is 5.73 Å². The normalized spacial score (nSPS) is 14.2. The van der Waals surface area contributed by atoms with Crippen LogP contribution in [0.4, 0.5) is 0 Å². The second-order valence-electron chi connectivity index (χ2n) is 3.98. The van der Waals surface area contributed by atoms with Crippen molar-refractivity contribution < 1.29 is 0 Å². The smallest absolute Gasteiger partial charge is 0.0225 e. The Balaban J connectivity index is 3.14. The van der Waals surface area contributed by atoms with Crippen LogP contribution in [-0.4, -0.2) is 6.04 Å². The molecule has 0 amide bonds. The minimum Gasteiger partial charge on any atom is -0.324 e. The van der Waals surface area contributed by atoms with E-state index in [2.05, 4.69) is 45.0 Å². The van der Waals surface area contributed by atoms with Crippen LogP contribution >= 0.6 is 0 Å². The molecule has 0 aliphatic heterocycles. The highest BCUT2D eigenvalue weighted by Gasteiger charge is 2.01. The monoisotopic (exact) mass is 189 g/mol. The van der Waals surface area contributed by atoms with Gasteiger partial charge in [0.05, 0.1) is 0 Å². The van der Waals surface area contributed by atoms with Gasteiger partial charge in [-0.25, -0.2) is 0 Å². The van der Waals surface area contributed by atoms with Gasteiger partial charge in [-0.05, 0) is 44.4 Å². The molecule has 1 aromatic carbocycles. The summed E-state index contributed by atoms with van der Waals surface area (Å²) in [4.78, 5) is 0. The van der Waals surface area contributed by atoms with Gasteiger partial charge in [-0.15, -0.1) is 0 Å². The molecule has 0 aliphatic rings. The van der Waals surface area contributed by atoms with Gasteiger partial charge < -0.3 is 5.73 Å². The zero-order valence-corrected chi connectivity index (χ0v) is 9.46. The summed E-state index contributed by atoms with van der Waals surface area (Å²) in [7, 11) is 0. The van der Waals surface area contributed by atoms with Crippen molar-refractivity contribution in [3.05, 3.63) is 40.5 Å². The van der Waals surface area contributed by atoms with Crippen LogP contribution in [0.1, 0.15) is 30.5 Å². The van der Waals surface area contributed by atoms with E-state index >= 15 is 0 Å². The van der Waals surface area contributed by atoms with E-state index in [0.717, 1.165) is 0 Å². The second-order valence-corrected chi connectivity index (χ2v) is 3.98. The number of hydrogen-bond donors (Lipinski definition) is 1. The van der Waals surface area contributed by atoms with E-state index in [1.165, 1.54) is 22.3 Å². The summed E-state index contributed by atoms with van der Waals surface area (Å²) in [6.07, 6.45) is 2.19. The van der Waals surface area contributed by atoms with Gasteiger partial charge in [-0.2, -0.15) is 0 Å². The number of nitrogens with two attached hydrogens (primary N) is 1. The fourth-order valence-electron chi connectivity index (χ4n) is 1.41. The Labute approximate surface area is 86.6 Å². The van der Waals surface area contributed by atoms with E-state index in [9.17, 15) is 0 Å². The number of benzene rings is 1. The highest BCUT2D eigenvalue weighted by molar-refractivity contribution is 5.60. The maximum Gasteiger partial charge on any atom is 0.0225 e. The van der Waals surface area contributed by atoms with Crippen molar-refractivity contribution in [2.45, 2.75) is 33.7 Å². The summed E-state index contributed by atoms with van der Waals surface area (Å²) in [5, 5.41) is 0. The van der Waals surface area contributed by atoms with Crippen molar-refractivity contribution >= 4 is 6.08 Å². The van der Waals surface area contributed by atoms with E-state index in [1.54, 1.807) is 0 Å². The van der Waals surface area contributed by atoms with Crippen molar-refractivity contribution in [1.29, 1.82) is 0 Å². The molecule has 76 valence electrons. The van der Waals surface area contributed by atoms with Crippen molar-refractivity contribution in [3.63, 3.8) is 0 Å². The highest BCUT2D eigenvalue weighted by atomic mass is 14.6. The SMILES string of the molecule is C/C(=C\c1c(C)cccc1C)C(C)N. The van der Waals surface area contributed by atoms with Gasteiger partial charge in [0, 0.05) is 6.04 Å². The van der Waals surface area contributed by atoms with E-state index < -0.39 is 0 Å². The van der Waals surface area contributed by atoms with Crippen LogP contribution in [0.2, 0.25) is 0 Å². The molecule has 0 heterocycles. The Morgan fingerprint density at radius 3 is 2.21 bits per heavy atom. The van der Waals surface area contributed by atoms with Crippen molar-refractivity contribution in [1.82, 2.24) is 0 Å². The average molecular weight is 189 g/mol. The van der Waals surface area contributed by atoms with E-state index in [1.807, 2.05) is 6.92 Å². The number of hydrogen-bond acceptors (Lipinski definition) is 1. The molecule has 0 aromatic heterocycles. The minimum atomic E-state index is 0.133. The molecule has 2 N–H and O–H groups in total. The first kappa shape index (κ1) is 11.0. The molecule has 1 aromatic rings. The van der Waals surface area contributed by atoms with Crippen LogP contribution in [0, 0.1) is 13.8 Å². The standard InChI is InChI=1S/C13H19N/c1-9-6-5-7-10(2)13(9)8-11(3)12(4)14/h5-8,12H,14H2,1-4H3/b11-8+. The van der Waals surface area contributed by atoms with E-state index in [4.69, 9.17) is 5.73 Å². The molecular formula is C13H19N. The van der Waals surface area contributed by atoms with Gasteiger partial charge in [0.2, 0.25) is 0 Å². The molecule has 0 radical (unpaired) electrons. The summed E-state index contributed by atoms with van der Waals surface area (Å²) in [5.74, 6) is 0. The third kappa shape index (κ3) is 2.46. The molecule has 0 fully saturated rings. The summed E-state index contributed by atoms with van der Waals surface area (Å²) in [5.41, 5.74) is 11.0. The summed E-state index contributed by atoms with van der Waals surface area (Å²) in [6.45, 7) is 8.36. The van der Waals surface area contributed by atoms with Crippen molar-refractivity contribution in [2.24, 2.45) is 5.73 Å². The van der Waals surface area contributed by atoms with Gasteiger partial charge >= 0.3 is 0 Å². The Bertz CT molecular complexity index is 328. The molecule has 0 saturated heterocycles. The topological polar surface area (TPSA) is 26.0 Å².